The predicted molar refractivity (Wildman–Crippen MR) is 52.7 cm³/mol. The van der Waals surface area contributed by atoms with Crippen LogP contribution in [0.15, 0.2) is 12.1 Å². The number of hydrogen-bond acceptors (Lipinski definition) is 5. The molecule has 0 fully saturated rings. The van der Waals surface area contributed by atoms with Gasteiger partial charge in [-0.05, 0) is 12.1 Å². The van der Waals surface area contributed by atoms with E-state index >= 15 is 0 Å². The van der Waals surface area contributed by atoms with Gasteiger partial charge in [0.05, 0.1) is 0 Å². The van der Waals surface area contributed by atoms with E-state index < -0.39 is 0 Å². The van der Waals surface area contributed by atoms with Crippen molar-refractivity contribution in [1.82, 2.24) is 20.5 Å². The molecule has 0 aliphatic rings. The van der Waals surface area contributed by atoms with E-state index in [0.29, 0.717) is 11.5 Å². The van der Waals surface area contributed by atoms with Gasteiger partial charge in [0.15, 0.2) is 11.5 Å². The largest absolute Gasteiger partial charge is 0.354 e. The lowest BCUT2D eigenvalue weighted by Gasteiger charge is -2.11. The van der Waals surface area contributed by atoms with Gasteiger partial charge >= 0.3 is 0 Å². The van der Waals surface area contributed by atoms with Gasteiger partial charge in [-0.1, -0.05) is 0 Å². The SMILES string of the molecule is CNC(=O)c1ccc(NN(C)C)nn1. The minimum absolute atomic E-state index is 0.242. The van der Waals surface area contributed by atoms with E-state index in [1.807, 2.05) is 14.1 Å². The van der Waals surface area contributed by atoms with Crippen LogP contribution in [0.25, 0.3) is 0 Å². The molecule has 0 saturated heterocycles. The standard InChI is InChI=1S/C8H13N5O/c1-9-8(14)6-4-5-7(11-10-6)12-13(2)3/h4-5H,1-3H3,(H,9,14)(H,11,12). The highest BCUT2D eigenvalue weighted by atomic mass is 16.1. The first-order valence-electron chi connectivity index (χ1n) is 4.13. The fourth-order valence-corrected chi connectivity index (χ4v) is 0.870. The summed E-state index contributed by atoms with van der Waals surface area (Å²) in [4.78, 5) is 11.1. The number of hydrazine groups is 1. The van der Waals surface area contributed by atoms with Crippen LogP contribution in [-0.2, 0) is 0 Å². The molecular weight excluding hydrogens is 182 g/mol. The monoisotopic (exact) mass is 195 g/mol. The highest BCUT2D eigenvalue weighted by Crippen LogP contribution is 2.01. The average Bonchev–Trinajstić information content (AvgIpc) is 2.17. The molecule has 6 nitrogen and oxygen atoms in total. The van der Waals surface area contributed by atoms with Gasteiger partial charge < -0.3 is 10.7 Å². The number of nitrogens with one attached hydrogen (secondary N) is 2. The zero-order valence-electron chi connectivity index (χ0n) is 8.40. The van der Waals surface area contributed by atoms with Gasteiger partial charge in [-0.3, -0.25) is 4.79 Å². The number of rotatable bonds is 3. The maximum atomic E-state index is 11.1. The molecule has 1 aromatic heterocycles. The summed E-state index contributed by atoms with van der Waals surface area (Å²) in [7, 11) is 5.23. The van der Waals surface area contributed by atoms with Crippen molar-refractivity contribution < 1.29 is 4.79 Å². The van der Waals surface area contributed by atoms with Gasteiger partial charge in [0.1, 0.15) is 0 Å². The van der Waals surface area contributed by atoms with Crippen LogP contribution in [0, 0.1) is 0 Å². The molecule has 0 bridgehead atoms. The smallest absolute Gasteiger partial charge is 0.271 e. The summed E-state index contributed by atoms with van der Waals surface area (Å²) >= 11 is 0. The van der Waals surface area contributed by atoms with Crippen molar-refractivity contribution in [2.45, 2.75) is 0 Å². The van der Waals surface area contributed by atoms with E-state index in [1.54, 1.807) is 24.2 Å². The summed E-state index contributed by atoms with van der Waals surface area (Å²) < 4.78 is 0. The van der Waals surface area contributed by atoms with Gasteiger partial charge in [-0.2, -0.15) is 0 Å². The Morgan fingerprint density at radius 1 is 1.36 bits per heavy atom. The third kappa shape index (κ3) is 2.67. The molecule has 0 aliphatic heterocycles. The average molecular weight is 195 g/mol. The van der Waals surface area contributed by atoms with Gasteiger partial charge in [0.2, 0.25) is 0 Å². The maximum Gasteiger partial charge on any atom is 0.271 e. The van der Waals surface area contributed by atoms with E-state index in [2.05, 4.69) is 20.9 Å². The summed E-state index contributed by atoms with van der Waals surface area (Å²) in [6, 6.07) is 3.30. The van der Waals surface area contributed by atoms with Gasteiger partial charge in [-0.25, -0.2) is 5.01 Å². The van der Waals surface area contributed by atoms with Crippen molar-refractivity contribution >= 4 is 11.7 Å². The number of carbonyl (C=O) groups is 1. The van der Waals surface area contributed by atoms with Crippen molar-refractivity contribution in [3.63, 3.8) is 0 Å². The summed E-state index contributed by atoms with van der Waals surface area (Å²) in [5.41, 5.74) is 3.22. The third-order valence-electron chi connectivity index (χ3n) is 1.46. The zero-order chi connectivity index (χ0) is 10.6. The fraction of sp³-hybridized carbons (Fsp3) is 0.375. The molecule has 6 heteroatoms. The molecule has 76 valence electrons. The van der Waals surface area contributed by atoms with Crippen LogP contribution in [0.2, 0.25) is 0 Å². The molecular formula is C8H13N5O. The predicted octanol–water partition coefficient (Wildman–Crippen LogP) is -0.275. The zero-order valence-corrected chi connectivity index (χ0v) is 8.40. The number of aromatic nitrogens is 2. The molecule has 0 atom stereocenters. The first kappa shape index (κ1) is 10.4. The number of anilines is 1. The molecule has 0 spiro atoms. The number of amides is 1. The van der Waals surface area contributed by atoms with Crippen molar-refractivity contribution in [3.8, 4) is 0 Å². The molecule has 0 radical (unpaired) electrons. The first-order chi connectivity index (χ1) is 6.63. The van der Waals surface area contributed by atoms with Crippen LogP contribution in [-0.4, -0.2) is 42.3 Å². The van der Waals surface area contributed by atoms with Gasteiger partial charge in [-0.15, -0.1) is 10.2 Å². The van der Waals surface area contributed by atoms with Crippen LogP contribution in [0.5, 0.6) is 0 Å². The van der Waals surface area contributed by atoms with Gasteiger partial charge in [0, 0.05) is 21.1 Å². The second kappa shape index (κ2) is 4.52. The molecule has 1 heterocycles. The quantitative estimate of drug-likeness (QED) is 0.649. The van der Waals surface area contributed by atoms with E-state index in [9.17, 15) is 4.79 Å². The minimum atomic E-state index is -0.242. The second-order valence-corrected chi connectivity index (χ2v) is 2.89. The van der Waals surface area contributed by atoms with Crippen LogP contribution < -0.4 is 10.7 Å². The fourth-order valence-electron chi connectivity index (χ4n) is 0.870. The molecule has 0 aromatic carbocycles. The van der Waals surface area contributed by atoms with E-state index in [4.69, 9.17) is 0 Å². The number of hydrogen-bond donors (Lipinski definition) is 2. The van der Waals surface area contributed by atoms with Crippen LogP contribution >= 0.6 is 0 Å². The third-order valence-corrected chi connectivity index (χ3v) is 1.46. The first-order valence-corrected chi connectivity index (χ1v) is 4.13. The van der Waals surface area contributed by atoms with Crippen molar-refractivity contribution in [2.24, 2.45) is 0 Å². The van der Waals surface area contributed by atoms with E-state index in [0.717, 1.165) is 0 Å². The highest BCUT2D eigenvalue weighted by molar-refractivity contribution is 5.91. The summed E-state index contributed by atoms with van der Waals surface area (Å²) in [6.45, 7) is 0. The minimum Gasteiger partial charge on any atom is -0.354 e. The Balaban J connectivity index is 2.73. The number of carbonyl (C=O) groups excluding carboxylic acids is 1. The molecule has 1 rings (SSSR count). The summed E-state index contributed by atoms with van der Waals surface area (Å²) in [5.74, 6) is 0.358. The van der Waals surface area contributed by atoms with Crippen LogP contribution in [0.3, 0.4) is 0 Å². The van der Waals surface area contributed by atoms with Gasteiger partial charge in [0.25, 0.3) is 5.91 Å². The summed E-state index contributed by atoms with van der Waals surface area (Å²) in [5, 5.41) is 11.8. The lowest BCUT2D eigenvalue weighted by molar-refractivity contribution is 0.0957. The van der Waals surface area contributed by atoms with Crippen molar-refractivity contribution in [2.75, 3.05) is 26.6 Å². The molecule has 1 aromatic rings. The Hall–Kier alpha value is -1.69. The molecule has 1 amide bonds. The lowest BCUT2D eigenvalue weighted by Crippen LogP contribution is -2.22. The van der Waals surface area contributed by atoms with Crippen molar-refractivity contribution in [1.29, 1.82) is 0 Å². The maximum absolute atomic E-state index is 11.1. The molecule has 14 heavy (non-hydrogen) atoms. The van der Waals surface area contributed by atoms with Crippen LogP contribution in [0.4, 0.5) is 5.82 Å². The Morgan fingerprint density at radius 3 is 2.50 bits per heavy atom. The molecule has 2 N–H and O–H groups in total. The molecule has 0 saturated carbocycles. The second-order valence-electron chi connectivity index (χ2n) is 2.89. The normalized spacial score (nSPS) is 10.0. The Morgan fingerprint density at radius 2 is 2.07 bits per heavy atom. The van der Waals surface area contributed by atoms with E-state index in [1.165, 1.54) is 0 Å². The van der Waals surface area contributed by atoms with Crippen LogP contribution in [0.1, 0.15) is 10.5 Å². The van der Waals surface area contributed by atoms with Crippen molar-refractivity contribution in [3.05, 3.63) is 17.8 Å². The lowest BCUT2D eigenvalue weighted by atomic mass is 10.3. The van der Waals surface area contributed by atoms with E-state index in [-0.39, 0.29) is 5.91 Å². The number of nitrogens with zero attached hydrogens (tertiary/aromatic N) is 3. The molecule has 0 aliphatic carbocycles. The topological polar surface area (TPSA) is 70.2 Å². The Labute approximate surface area is 82.3 Å². The molecule has 0 unspecified atom stereocenters. The summed E-state index contributed by atoms with van der Waals surface area (Å²) in [6.07, 6.45) is 0. The Kier molecular flexibility index (Phi) is 3.35. The Bertz CT molecular complexity index is 308. The highest BCUT2D eigenvalue weighted by Gasteiger charge is 2.04.